The minimum Gasteiger partial charge on any atom is -0.485 e. The molecule has 3 rings (SSSR count). The Morgan fingerprint density at radius 3 is 2.58 bits per heavy atom. The van der Waals surface area contributed by atoms with Gasteiger partial charge < -0.3 is 15.0 Å². The highest BCUT2D eigenvalue weighted by molar-refractivity contribution is 6.09. The third-order valence-electron chi connectivity index (χ3n) is 4.06. The van der Waals surface area contributed by atoms with Crippen molar-refractivity contribution in [2.75, 3.05) is 6.61 Å². The lowest BCUT2D eigenvalue weighted by molar-refractivity contribution is 0.0913. The summed E-state index contributed by atoms with van der Waals surface area (Å²) in [5, 5.41) is 9.62. The lowest BCUT2D eigenvalue weighted by Gasteiger charge is -2.08. The number of rotatable bonds is 7. The van der Waals surface area contributed by atoms with E-state index in [9.17, 15) is 9.59 Å². The molecule has 2 N–H and O–H groups in total. The lowest BCUT2D eigenvalue weighted by atomic mass is 10.1. The van der Waals surface area contributed by atoms with E-state index in [0.717, 1.165) is 10.9 Å². The number of para-hydroxylation sites is 2. The molecule has 3 aromatic rings. The quantitative estimate of drug-likeness (QED) is 0.664. The third-order valence-corrected chi connectivity index (χ3v) is 4.06. The number of hydrogen-bond acceptors (Lipinski definition) is 4. The molecule has 0 bridgehead atoms. The fourth-order valence-electron chi connectivity index (χ4n) is 2.84. The molecule has 0 spiro atoms. The van der Waals surface area contributed by atoms with E-state index in [2.05, 4.69) is 6.07 Å². The van der Waals surface area contributed by atoms with Crippen LogP contribution in [-0.2, 0) is 6.54 Å². The average Bonchev–Trinajstić information content (AvgIpc) is 3.03. The SMILES string of the molecule is N#CCCn1cc(C(=O)COc2ccccc2C(N)=O)c2ccccc21. The van der Waals surface area contributed by atoms with Crippen LogP contribution in [0.3, 0.4) is 0 Å². The maximum atomic E-state index is 12.7. The van der Waals surface area contributed by atoms with Gasteiger partial charge in [-0.2, -0.15) is 5.26 Å². The second-order valence-electron chi connectivity index (χ2n) is 5.73. The Labute approximate surface area is 150 Å². The number of primary amides is 1. The Morgan fingerprint density at radius 2 is 1.81 bits per heavy atom. The molecule has 1 heterocycles. The molecule has 0 saturated heterocycles. The number of ketones is 1. The number of nitriles is 1. The Hall–Kier alpha value is -3.59. The van der Waals surface area contributed by atoms with E-state index in [-0.39, 0.29) is 23.7 Å². The number of nitrogens with zero attached hydrogens (tertiary/aromatic N) is 2. The van der Waals surface area contributed by atoms with Crippen molar-refractivity contribution in [3.05, 3.63) is 65.9 Å². The van der Waals surface area contributed by atoms with Crippen LogP contribution >= 0.6 is 0 Å². The van der Waals surface area contributed by atoms with Crippen molar-refractivity contribution in [3.8, 4) is 11.8 Å². The molecular weight excluding hydrogens is 330 g/mol. The van der Waals surface area contributed by atoms with Crippen LogP contribution in [0.25, 0.3) is 10.9 Å². The molecule has 0 aliphatic heterocycles. The summed E-state index contributed by atoms with van der Waals surface area (Å²) in [6.07, 6.45) is 2.10. The minimum absolute atomic E-state index is 0.212. The van der Waals surface area contributed by atoms with Crippen LogP contribution < -0.4 is 10.5 Å². The number of aromatic nitrogens is 1. The molecular formula is C20H17N3O3. The van der Waals surface area contributed by atoms with Crippen molar-refractivity contribution in [2.24, 2.45) is 5.73 Å². The van der Waals surface area contributed by atoms with Gasteiger partial charge in [-0.25, -0.2) is 0 Å². The van der Waals surface area contributed by atoms with Crippen LogP contribution in [0.1, 0.15) is 27.1 Å². The molecule has 0 fully saturated rings. The second kappa shape index (κ2) is 7.53. The number of carbonyl (C=O) groups excluding carboxylic acids is 2. The molecule has 0 aliphatic rings. The normalized spacial score (nSPS) is 10.4. The van der Waals surface area contributed by atoms with E-state index in [1.807, 2.05) is 28.8 Å². The molecule has 1 aromatic heterocycles. The van der Waals surface area contributed by atoms with Gasteiger partial charge in [0, 0.05) is 29.2 Å². The van der Waals surface area contributed by atoms with E-state index in [4.69, 9.17) is 15.7 Å². The predicted octanol–water partition coefficient (Wildman–Crippen LogP) is 2.92. The van der Waals surface area contributed by atoms with Gasteiger partial charge in [-0.3, -0.25) is 9.59 Å². The molecule has 26 heavy (non-hydrogen) atoms. The first kappa shape index (κ1) is 17.2. The largest absolute Gasteiger partial charge is 0.485 e. The van der Waals surface area contributed by atoms with Crippen LogP contribution in [-0.4, -0.2) is 22.9 Å². The van der Waals surface area contributed by atoms with Gasteiger partial charge in [0.05, 0.1) is 18.1 Å². The fourth-order valence-corrected chi connectivity index (χ4v) is 2.84. The van der Waals surface area contributed by atoms with E-state index >= 15 is 0 Å². The zero-order valence-electron chi connectivity index (χ0n) is 14.0. The van der Waals surface area contributed by atoms with Crippen molar-refractivity contribution >= 4 is 22.6 Å². The number of Topliss-reactive ketones (excluding diaryl/α,β-unsaturated/α-hetero) is 1. The van der Waals surface area contributed by atoms with Crippen LogP contribution in [0.15, 0.2) is 54.7 Å². The minimum atomic E-state index is -0.610. The molecule has 0 atom stereocenters. The van der Waals surface area contributed by atoms with Crippen LogP contribution in [0.2, 0.25) is 0 Å². The first-order valence-electron chi connectivity index (χ1n) is 8.11. The molecule has 0 radical (unpaired) electrons. The fraction of sp³-hybridized carbons (Fsp3) is 0.150. The Kier molecular flexibility index (Phi) is 4.99. The number of nitrogens with two attached hydrogens (primary N) is 1. The van der Waals surface area contributed by atoms with Crippen molar-refractivity contribution in [1.29, 1.82) is 5.26 Å². The summed E-state index contributed by atoms with van der Waals surface area (Å²) in [5.74, 6) is -0.543. The Morgan fingerprint density at radius 1 is 1.08 bits per heavy atom. The molecule has 0 aliphatic carbocycles. The summed E-state index contributed by atoms with van der Waals surface area (Å²) in [5.41, 5.74) is 6.97. The maximum absolute atomic E-state index is 12.7. The standard InChI is InChI=1S/C20H17N3O3/c21-10-5-11-23-12-16(14-6-1-3-8-17(14)23)18(24)13-26-19-9-4-2-7-15(19)20(22)25/h1-4,6-9,12H,5,11,13H2,(H2,22,25). The number of carbonyl (C=O) groups is 2. The molecule has 6 heteroatoms. The number of aryl methyl sites for hydroxylation is 1. The summed E-state index contributed by atoms with van der Waals surface area (Å²) < 4.78 is 7.43. The smallest absolute Gasteiger partial charge is 0.252 e. The van der Waals surface area contributed by atoms with Crippen molar-refractivity contribution in [2.45, 2.75) is 13.0 Å². The first-order valence-corrected chi connectivity index (χ1v) is 8.11. The maximum Gasteiger partial charge on any atom is 0.252 e. The molecule has 130 valence electrons. The van der Waals surface area contributed by atoms with Gasteiger partial charge in [0.25, 0.3) is 5.91 Å². The highest BCUT2D eigenvalue weighted by atomic mass is 16.5. The Bertz CT molecular complexity index is 1010. The van der Waals surface area contributed by atoms with Gasteiger partial charge in [0.15, 0.2) is 6.61 Å². The van der Waals surface area contributed by atoms with Crippen molar-refractivity contribution in [3.63, 3.8) is 0 Å². The molecule has 0 saturated carbocycles. The number of amides is 1. The van der Waals surface area contributed by atoms with Crippen LogP contribution in [0.5, 0.6) is 5.75 Å². The number of fused-ring (bicyclic) bond motifs is 1. The molecule has 6 nitrogen and oxygen atoms in total. The number of ether oxygens (including phenoxy) is 1. The van der Waals surface area contributed by atoms with Gasteiger partial charge in [0.2, 0.25) is 5.78 Å². The number of benzene rings is 2. The van der Waals surface area contributed by atoms with E-state index in [1.54, 1.807) is 30.5 Å². The van der Waals surface area contributed by atoms with Gasteiger partial charge >= 0.3 is 0 Å². The Balaban J connectivity index is 1.85. The average molecular weight is 347 g/mol. The topological polar surface area (TPSA) is 98.1 Å². The van der Waals surface area contributed by atoms with E-state index in [1.165, 1.54) is 0 Å². The van der Waals surface area contributed by atoms with Crippen molar-refractivity contribution in [1.82, 2.24) is 4.57 Å². The van der Waals surface area contributed by atoms with E-state index < -0.39 is 5.91 Å². The summed E-state index contributed by atoms with van der Waals surface area (Å²) in [7, 11) is 0. The van der Waals surface area contributed by atoms with E-state index in [0.29, 0.717) is 18.5 Å². The summed E-state index contributed by atoms with van der Waals surface area (Å²) in [6.45, 7) is 0.298. The summed E-state index contributed by atoms with van der Waals surface area (Å²) in [4.78, 5) is 24.1. The highest BCUT2D eigenvalue weighted by Crippen LogP contribution is 2.23. The lowest BCUT2D eigenvalue weighted by Crippen LogP contribution is -2.16. The van der Waals surface area contributed by atoms with Crippen LogP contribution in [0.4, 0.5) is 0 Å². The summed E-state index contributed by atoms with van der Waals surface area (Å²) >= 11 is 0. The zero-order valence-corrected chi connectivity index (χ0v) is 14.0. The second-order valence-corrected chi connectivity index (χ2v) is 5.73. The number of hydrogen-bond donors (Lipinski definition) is 1. The van der Waals surface area contributed by atoms with Crippen molar-refractivity contribution < 1.29 is 14.3 Å². The molecule has 0 unspecified atom stereocenters. The monoisotopic (exact) mass is 347 g/mol. The summed E-state index contributed by atoms with van der Waals surface area (Å²) in [6, 6.07) is 16.2. The first-order chi connectivity index (χ1) is 12.6. The van der Waals surface area contributed by atoms with Gasteiger partial charge in [-0.15, -0.1) is 0 Å². The zero-order chi connectivity index (χ0) is 18.5. The highest BCUT2D eigenvalue weighted by Gasteiger charge is 2.16. The van der Waals surface area contributed by atoms with Crippen LogP contribution in [0, 0.1) is 11.3 Å². The molecule has 1 amide bonds. The molecule has 2 aromatic carbocycles. The van der Waals surface area contributed by atoms with Gasteiger partial charge in [-0.1, -0.05) is 30.3 Å². The third kappa shape index (κ3) is 3.42. The van der Waals surface area contributed by atoms with Gasteiger partial charge in [0.1, 0.15) is 5.75 Å². The van der Waals surface area contributed by atoms with Gasteiger partial charge in [-0.05, 0) is 18.2 Å². The predicted molar refractivity (Wildman–Crippen MR) is 97.0 cm³/mol.